The van der Waals surface area contributed by atoms with E-state index in [1.165, 1.54) is 6.33 Å². The predicted molar refractivity (Wildman–Crippen MR) is 68.5 cm³/mol. The maximum Gasteiger partial charge on any atom is 0.251 e. The highest BCUT2D eigenvalue weighted by Gasteiger charge is 2.07. The quantitative estimate of drug-likeness (QED) is 0.638. The molecule has 3 aromatic rings. The molecule has 7 heteroatoms. The Morgan fingerprint density at radius 2 is 2.21 bits per heavy atom. The van der Waals surface area contributed by atoms with Crippen molar-refractivity contribution in [1.82, 2.24) is 30.7 Å². The maximum absolute atomic E-state index is 12.0. The largest absolute Gasteiger partial charge is 0.352 e. The molecule has 0 saturated carbocycles. The van der Waals surface area contributed by atoms with E-state index < -0.39 is 0 Å². The number of carbonyl (C=O) groups is 1. The van der Waals surface area contributed by atoms with Gasteiger partial charge in [0.15, 0.2) is 0 Å². The van der Waals surface area contributed by atoms with Gasteiger partial charge in [-0.25, -0.2) is 4.98 Å². The molecule has 0 fully saturated rings. The van der Waals surface area contributed by atoms with Gasteiger partial charge < -0.3 is 5.32 Å². The van der Waals surface area contributed by atoms with E-state index in [0.29, 0.717) is 18.5 Å². The Bertz CT molecular complexity index is 687. The molecule has 3 rings (SSSR count). The van der Waals surface area contributed by atoms with Gasteiger partial charge in [-0.15, -0.1) is 0 Å². The summed E-state index contributed by atoms with van der Waals surface area (Å²) in [7, 11) is 0. The molecule has 7 nitrogen and oxygen atoms in total. The summed E-state index contributed by atoms with van der Waals surface area (Å²) in [6.45, 7) is 0.511. The highest BCUT2D eigenvalue weighted by molar-refractivity contribution is 5.97. The van der Waals surface area contributed by atoms with Crippen LogP contribution in [0.25, 0.3) is 10.9 Å². The van der Waals surface area contributed by atoms with Crippen LogP contribution in [-0.2, 0) is 6.42 Å². The summed E-state index contributed by atoms with van der Waals surface area (Å²) in [6, 6.07) is 5.42. The number of hydrogen-bond donors (Lipinski definition) is 3. The second-order valence-corrected chi connectivity index (χ2v) is 4.11. The molecule has 1 amide bonds. The smallest absolute Gasteiger partial charge is 0.251 e. The average molecular weight is 256 g/mol. The number of hydrogen-bond acceptors (Lipinski definition) is 4. The minimum atomic E-state index is -0.109. The fourth-order valence-corrected chi connectivity index (χ4v) is 1.83. The topological polar surface area (TPSA) is 99.4 Å². The van der Waals surface area contributed by atoms with Crippen molar-refractivity contribution in [2.45, 2.75) is 6.42 Å². The van der Waals surface area contributed by atoms with Crippen LogP contribution in [0.15, 0.2) is 30.7 Å². The van der Waals surface area contributed by atoms with Crippen LogP contribution in [-0.4, -0.2) is 37.8 Å². The molecule has 19 heavy (non-hydrogen) atoms. The summed E-state index contributed by atoms with van der Waals surface area (Å²) in [5.74, 6) is 0.646. The fraction of sp³-hybridized carbons (Fsp3) is 0.167. The van der Waals surface area contributed by atoms with Gasteiger partial charge in [0.1, 0.15) is 12.2 Å². The van der Waals surface area contributed by atoms with Crippen molar-refractivity contribution in [3.05, 3.63) is 42.1 Å². The molecule has 0 saturated heterocycles. The van der Waals surface area contributed by atoms with Gasteiger partial charge in [-0.1, -0.05) is 0 Å². The zero-order valence-electron chi connectivity index (χ0n) is 10.1. The Morgan fingerprint density at radius 3 is 3.05 bits per heavy atom. The summed E-state index contributed by atoms with van der Waals surface area (Å²) >= 11 is 0. The number of aromatic amines is 2. The fourth-order valence-electron chi connectivity index (χ4n) is 1.83. The molecule has 96 valence electrons. The van der Waals surface area contributed by atoms with Gasteiger partial charge in [0.05, 0.1) is 11.7 Å². The van der Waals surface area contributed by atoms with Crippen molar-refractivity contribution in [3.63, 3.8) is 0 Å². The molecule has 3 N–H and O–H groups in total. The molecule has 1 aromatic carbocycles. The highest BCUT2D eigenvalue weighted by Crippen LogP contribution is 2.12. The van der Waals surface area contributed by atoms with E-state index in [9.17, 15) is 4.79 Å². The van der Waals surface area contributed by atoms with Crippen molar-refractivity contribution in [1.29, 1.82) is 0 Å². The number of nitrogens with one attached hydrogen (secondary N) is 3. The first-order valence-electron chi connectivity index (χ1n) is 5.88. The number of rotatable bonds is 4. The number of benzene rings is 1. The van der Waals surface area contributed by atoms with Crippen LogP contribution in [0.2, 0.25) is 0 Å². The van der Waals surface area contributed by atoms with Crippen LogP contribution < -0.4 is 5.32 Å². The molecule has 0 unspecified atom stereocenters. The van der Waals surface area contributed by atoms with Crippen molar-refractivity contribution in [2.24, 2.45) is 0 Å². The standard InChI is InChI=1S/C12H12N6O/c19-12(13-4-3-11-14-7-16-18-11)8-1-2-10-9(5-8)6-15-17-10/h1-2,5-7H,3-4H2,(H,13,19)(H,15,17)(H,14,16,18). The zero-order chi connectivity index (χ0) is 13.1. The summed E-state index contributed by atoms with van der Waals surface area (Å²) in [5.41, 5.74) is 1.53. The molecule has 0 atom stereocenters. The lowest BCUT2D eigenvalue weighted by atomic mass is 10.1. The van der Waals surface area contributed by atoms with Gasteiger partial charge in [0.25, 0.3) is 5.91 Å². The summed E-state index contributed by atoms with van der Waals surface area (Å²) in [4.78, 5) is 15.9. The second kappa shape index (κ2) is 4.89. The first-order valence-corrected chi connectivity index (χ1v) is 5.88. The van der Waals surface area contributed by atoms with Crippen molar-refractivity contribution in [2.75, 3.05) is 6.54 Å². The molecule has 0 spiro atoms. The molecule has 2 heterocycles. The molecule has 0 bridgehead atoms. The van der Waals surface area contributed by atoms with Gasteiger partial charge >= 0.3 is 0 Å². The van der Waals surface area contributed by atoms with Crippen molar-refractivity contribution < 1.29 is 4.79 Å². The third-order valence-corrected chi connectivity index (χ3v) is 2.81. The number of H-pyrrole nitrogens is 2. The molecule has 0 aliphatic carbocycles. The van der Waals surface area contributed by atoms with Gasteiger partial charge in [0.2, 0.25) is 0 Å². The maximum atomic E-state index is 12.0. The Labute approximate surface area is 108 Å². The van der Waals surface area contributed by atoms with E-state index in [1.807, 2.05) is 12.1 Å². The Hall–Kier alpha value is -2.70. The van der Waals surface area contributed by atoms with Crippen molar-refractivity contribution in [3.8, 4) is 0 Å². The van der Waals surface area contributed by atoms with Crippen LogP contribution in [0.3, 0.4) is 0 Å². The van der Waals surface area contributed by atoms with E-state index in [0.717, 1.165) is 16.7 Å². The van der Waals surface area contributed by atoms with E-state index in [4.69, 9.17) is 0 Å². The lowest BCUT2D eigenvalue weighted by Gasteiger charge is -2.03. The first-order chi connectivity index (χ1) is 9.33. The molecule has 0 aliphatic rings. The minimum absolute atomic E-state index is 0.109. The van der Waals surface area contributed by atoms with Crippen LogP contribution in [0, 0.1) is 0 Å². The van der Waals surface area contributed by atoms with Gasteiger partial charge in [0, 0.05) is 23.9 Å². The molecular weight excluding hydrogens is 244 g/mol. The number of fused-ring (bicyclic) bond motifs is 1. The Morgan fingerprint density at radius 1 is 1.26 bits per heavy atom. The molecule has 0 radical (unpaired) electrons. The van der Waals surface area contributed by atoms with Crippen LogP contribution in [0.5, 0.6) is 0 Å². The Kier molecular flexibility index (Phi) is 2.93. The number of amides is 1. The molecular formula is C12H12N6O. The summed E-state index contributed by atoms with van der Waals surface area (Å²) in [6.07, 6.45) is 3.77. The van der Waals surface area contributed by atoms with E-state index >= 15 is 0 Å². The summed E-state index contributed by atoms with van der Waals surface area (Å²) in [5, 5.41) is 17.0. The van der Waals surface area contributed by atoms with Crippen LogP contribution in [0.1, 0.15) is 16.2 Å². The minimum Gasteiger partial charge on any atom is -0.352 e. The monoisotopic (exact) mass is 256 g/mol. The zero-order valence-corrected chi connectivity index (χ0v) is 10.1. The highest BCUT2D eigenvalue weighted by atomic mass is 16.1. The van der Waals surface area contributed by atoms with Crippen LogP contribution >= 0.6 is 0 Å². The van der Waals surface area contributed by atoms with Gasteiger partial charge in [-0.2, -0.15) is 10.2 Å². The molecule has 2 aromatic heterocycles. The normalized spacial score (nSPS) is 10.7. The number of nitrogens with zero attached hydrogens (tertiary/aromatic N) is 3. The second-order valence-electron chi connectivity index (χ2n) is 4.11. The van der Waals surface area contributed by atoms with E-state index in [-0.39, 0.29) is 5.91 Å². The average Bonchev–Trinajstić information content (AvgIpc) is 3.08. The third kappa shape index (κ3) is 2.44. The number of carbonyl (C=O) groups excluding carboxylic acids is 1. The SMILES string of the molecule is O=C(NCCc1ncn[nH]1)c1ccc2[nH]ncc2c1. The lowest BCUT2D eigenvalue weighted by molar-refractivity contribution is 0.0954. The van der Waals surface area contributed by atoms with Gasteiger partial charge in [-0.05, 0) is 18.2 Å². The predicted octanol–water partition coefficient (Wildman–Crippen LogP) is 0.653. The molecule has 0 aliphatic heterocycles. The Balaban J connectivity index is 1.63. The summed E-state index contributed by atoms with van der Waals surface area (Å²) < 4.78 is 0. The van der Waals surface area contributed by atoms with Gasteiger partial charge in [-0.3, -0.25) is 15.0 Å². The van der Waals surface area contributed by atoms with Crippen LogP contribution in [0.4, 0.5) is 0 Å². The van der Waals surface area contributed by atoms with E-state index in [2.05, 4.69) is 30.7 Å². The van der Waals surface area contributed by atoms with E-state index in [1.54, 1.807) is 12.3 Å². The lowest BCUT2D eigenvalue weighted by Crippen LogP contribution is -2.25. The van der Waals surface area contributed by atoms with Crippen molar-refractivity contribution >= 4 is 16.8 Å². The number of aromatic nitrogens is 5. The first kappa shape index (κ1) is 11.4. The third-order valence-electron chi connectivity index (χ3n) is 2.81.